The van der Waals surface area contributed by atoms with Gasteiger partial charge in [-0.05, 0) is 49.4 Å². The second kappa shape index (κ2) is 7.96. The quantitative estimate of drug-likeness (QED) is 0.303. The molecule has 0 fully saturated rings. The Morgan fingerprint density at radius 2 is 1.88 bits per heavy atom. The van der Waals surface area contributed by atoms with Gasteiger partial charge in [-0.2, -0.15) is 0 Å². The number of methoxy groups -OCH3 is 1. The summed E-state index contributed by atoms with van der Waals surface area (Å²) < 4.78 is 11.0. The van der Waals surface area contributed by atoms with Gasteiger partial charge < -0.3 is 29.3 Å². The van der Waals surface area contributed by atoms with Gasteiger partial charge in [0.15, 0.2) is 5.76 Å². The number of carboxylic acid groups (broad SMARTS) is 1. The minimum atomic E-state index is -1.04. The Balaban J connectivity index is 1.76. The van der Waals surface area contributed by atoms with Crippen molar-refractivity contribution in [2.45, 2.75) is 6.92 Å². The summed E-state index contributed by atoms with van der Waals surface area (Å²) in [5.41, 5.74) is 2.34. The number of nitrogens with zero attached hydrogens (tertiary/aromatic N) is 1. The van der Waals surface area contributed by atoms with Crippen LogP contribution in [0.1, 0.15) is 16.1 Å². The molecular weight excluding hydrogens is 438 g/mol. The van der Waals surface area contributed by atoms with Crippen molar-refractivity contribution < 1.29 is 24.2 Å². The Bertz CT molecular complexity index is 1610. The van der Waals surface area contributed by atoms with E-state index in [1.807, 2.05) is 0 Å². The Morgan fingerprint density at radius 1 is 1.12 bits per heavy atom. The summed E-state index contributed by atoms with van der Waals surface area (Å²) in [5.74, 6) is -0.238. The lowest BCUT2D eigenvalue weighted by molar-refractivity contribution is 0.0697. The van der Waals surface area contributed by atoms with Crippen LogP contribution in [0.25, 0.3) is 45.0 Å². The molecule has 3 heterocycles. The van der Waals surface area contributed by atoms with Gasteiger partial charge >= 0.3 is 5.97 Å². The molecular formula is C25H19N3O6. The highest BCUT2D eigenvalue weighted by Crippen LogP contribution is 2.38. The normalized spacial score (nSPS) is 11.1. The summed E-state index contributed by atoms with van der Waals surface area (Å²) in [5, 5.41) is 20.5. The van der Waals surface area contributed by atoms with Gasteiger partial charge in [-0.25, -0.2) is 9.78 Å². The van der Waals surface area contributed by atoms with Crippen LogP contribution < -0.4 is 10.2 Å². The van der Waals surface area contributed by atoms with E-state index in [9.17, 15) is 19.8 Å². The molecule has 0 saturated carbocycles. The molecule has 9 heteroatoms. The van der Waals surface area contributed by atoms with E-state index in [1.54, 1.807) is 56.6 Å². The Labute approximate surface area is 192 Å². The van der Waals surface area contributed by atoms with Gasteiger partial charge in [-0.1, -0.05) is 0 Å². The van der Waals surface area contributed by atoms with Crippen LogP contribution in [0.15, 0.2) is 63.9 Å². The molecule has 0 aliphatic rings. The van der Waals surface area contributed by atoms with Crippen LogP contribution in [0.4, 0.5) is 0 Å². The van der Waals surface area contributed by atoms with Crippen molar-refractivity contribution in [2.24, 2.45) is 0 Å². The van der Waals surface area contributed by atoms with Gasteiger partial charge in [0.25, 0.3) is 0 Å². The smallest absolute Gasteiger partial charge is 0.335 e. The molecule has 5 rings (SSSR count). The summed E-state index contributed by atoms with van der Waals surface area (Å²) in [4.78, 5) is 34.8. The number of nitrogens with one attached hydrogen (secondary N) is 2. The van der Waals surface area contributed by atoms with Crippen LogP contribution >= 0.6 is 0 Å². The summed E-state index contributed by atoms with van der Waals surface area (Å²) in [6.07, 6.45) is 1.71. The second-order valence-corrected chi connectivity index (χ2v) is 7.70. The van der Waals surface area contributed by atoms with E-state index in [4.69, 9.17) is 14.1 Å². The number of benzene rings is 2. The molecule has 0 bridgehead atoms. The van der Waals surface area contributed by atoms with Crippen molar-refractivity contribution in [1.29, 1.82) is 0 Å². The number of fused-ring (bicyclic) bond motifs is 1. The van der Waals surface area contributed by atoms with Gasteiger partial charge in [0.2, 0.25) is 11.2 Å². The van der Waals surface area contributed by atoms with Crippen LogP contribution in [-0.4, -0.2) is 38.2 Å². The maximum Gasteiger partial charge on any atom is 0.335 e. The zero-order valence-corrected chi connectivity index (χ0v) is 18.2. The first-order valence-electron chi connectivity index (χ1n) is 10.3. The number of carboxylic acids is 1. The molecule has 170 valence electrons. The SMILES string of the molecule is COc1ccc(-c2nc(-c3c[nH]c4ccc(C(=O)O)cc34)[nH]c2-c2oc(C)cc(=O)c2O)cc1. The highest BCUT2D eigenvalue weighted by atomic mass is 16.5. The van der Waals surface area contributed by atoms with Crippen LogP contribution in [0.3, 0.4) is 0 Å². The van der Waals surface area contributed by atoms with Crippen LogP contribution in [-0.2, 0) is 0 Å². The van der Waals surface area contributed by atoms with Gasteiger partial charge in [0.1, 0.15) is 28.7 Å². The third kappa shape index (κ3) is 3.49. The maximum absolute atomic E-state index is 12.3. The first-order valence-corrected chi connectivity index (χ1v) is 10.3. The van der Waals surface area contributed by atoms with E-state index in [1.165, 1.54) is 12.1 Å². The highest BCUT2D eigenvalue weighted by Gasteiger charge is 2.23. The number of aromatic nitrogens is 3. The molecule has 5 aromatic rings. The van der Waals surface area contributed by atoms with E-state index >= 15 is 0 Å². The average Bonchev–Trinajstić information content (AvgIpc) is 3.45. The van der Waals surface area contributed by atoms with Gasteiger partial charge in [0, 0.05) is 34.3 Å². The summed E-state index contributed by atoms with van der Waals surface area (Å²) in [6, 6.07) is 13.1. The molecule has 0 aliphatic heterocycles. The zero-order valence-electron chi connectivity index (χ0n) is 18.2. The van der Waals surface area contributed by atoms with Crippen molar-refractivity contribution in [2.75, 3.05) is 7.11 Å². The third-order valence-electron chi connectivity index (χ3n) is 5.52. The molecule has 0 radical (unpaired) electrons. The first kappa shape index (κ1) is 21.1. The Morgan fingerprint density at radius 3 is 2.59 bits per heavy atom. The van der Waals surface area contributed by atoms with Crippen molar-refractivity contribution in [3.63, 3.8) is 0 Å². The number of aromatic hydroxyl groups is 1. The van der Waals surface area contributed by atoms with Gasteiger partial charge in [-0.3, -0.25) is 4.79 Å². The number of hydrogen-bond acceptors (Lipinski definition) is 6. The molecule has 0 atom stereocenters. The van der Waals surface area contributed by atoms with Crippen molar-refractivity contribution in [1.82, 2.24) is 15.0 Å². The monoisotopic (exact) mass is 457 g/mol. The highest BCUT2D eigenvalue weighted by molar-refractivity contribution is 6.00. The van der Waals surface area contributed by atoms with E-state index in [2.05, 4.69) is 9.97 Å². The molecule has 9 nitrogen and oxygen atoms in total. The number of H-pyrrole nitrogens is 2. The largest absolute Gasteiger partial charge is 0.501 e. The number of aromatic amines is 2. The van der Waals surface area contributed by atoms with Gasteiger partial charge in [0.05, 0.1) is 12.7 Å². The number of rotatable bonds is 5. The predicted octanol–water partition coefficient (Wildman–Crippen LogP) is 4.57. The number of aromatic carboxylic acids is 1. The number of ether oxygens (including phenoxy) is 1. The lowest BCUT2D eigenvalue weighted by Crippen LogP contribution is -2.01. The fourth-order valence-electron chi connectivity index (χ4n) is 3.85. The number of imidazole rings is 1. The molecule has 34 heavy (non-hydrogen) atoms. The standard InChI is InChI=1S/C25H19N3O6/c1-12-9-19(29)22(30)23(34-12)21-20(13-3-6-15(33-2)7-4-13)27-24(28-21)17-11-26-18-8-5-14(25(31)32)10-16(17)18/h3-11,26,30H,1-2H3,(H,27,28)(H,31,32). The lowest BCUT2D eigenvalue weighted by Gasteiger charge is -2.06. The summed E-state index contributed by atoms with van der Waals surface area (Å²) in [6.45, 7) is 1.61. The minimum Gasteiger partial charge on any atom is -0.501 e. The first-order chi connectivity index (χ1) is 16.4. The van der Waals surface area contributed by atoms with Crippen LogP contribution in [0.2, 0.25) is 0 Å². The van der Waals surface area contributed by atoms with Crippen molar-refractivity contribution in [3.05, 3.63) is 76.3 Å². The van der Waals surface area contributed by atoms with Crippen molar-refractivity contribution >= 4 is 16.9 Å². The summed E-state index contributed by atoms with van der Waals surface area (Å²) >= 11 is 0. The number of hydrogen-bond donors (Lipinski definition) is 4. The lowest BCUT2D eigenvalue weighted by atomic mass is 10.1. The van der Waals surface area contributed by atoms with E-state index in [0.29, 0.717) is 45.2 Å². The molecule has 3 aromatic heterocycles. The van der Waals surface area contributed by atoms with Crippen LogP contribution in [0.5, 0.6) is 11.5 Å². The molecule has 0 amide bonds. The third-order valence-corrected chi connectivity index (χ3v) is 5.52. The number of carbonyl (C=O) groups is 1. The Hall–Kier alpha value is -4.79. The molecule has 0 unspecified atom stereocenters. The molecule has 0 aliphatic carbocycles. The topological polar surface area (TPSA) is 141 Å². The maximum atomic E-state index is 12.3. The van der Waals surface area contributed by atoms with E-state index in [0.717, 1.165) is 5.52 Å². The predicted molar refractivity (Wildman–Crippen MR) is 125 cm³/mol. The second-order valence-electron chi connectivity index (χ2n) is 7.70. The Kier molecular flexibility index (Phi) is 4.94. The fraction of sp³-hybridized carbons (Fsp3) is 0.0800. The molecule has 2 aromatic carbocycles. The molecule has 0 spiro atoms. The minimum absolute atomic E-state index is 0.0411. The average molecular weight is 457 g/mol. The number of aryl methyl sites for hydroxylation is 1. The van der Waals surface area contributed by atoms with E-state index < -0.39 is 17.1 Å². The fourth-order valence-corrected chi connectivity index (χ4v) is 3.85. The van der Waals surface area contributed by atoms with E-state index in [-0.39, 0.29) is 11.3 Å². The summed E-state index contributed by atoms with van der Waals surface area (Å²) in [7, 11) is 1.56. The zero-order chi connectivity index (χ0) is 24.0. The van der Waals surface area contributed by atoms with Crippen molar-refractivity contribution in [3.8, 4) is 45.6 Å². The molecule has 0 saturated heterocycles. The van der Waals surface area contributed by atoms with Crippen LogP contribution in [0, 0.1) is 6.92 Å². The molecule has 4 N–H and O–H groups in total. The van der Waals surface area contributed by atoms with Gasteiger partial charge in [-0.15, -0.1) is 0 Å².